The Morgan fingerprint density at radius 3 is 2.50 bits per heavy atom. The van der Waals surface area contributed by atoms with E-state index in [4.69, 9.17) is 9.84 Å². The second-order valence-corrected chi connectivity index (χ2v) is 4.18. The summed E-state index contributed by atoms with van der Waals surface area (Å²) >= 11 is 0. The Morgan fingerprint density at radius 1 is 1.39 bits per heavy atom. The summed E-state index contributed by atoms with van der Waals surface area (Å²) in [5.74, 6) is 0.551. The number of hydrogen-bond donors (Lipinski definition) is 2. The minimum atomic E-state index is -1.33. The first-order valence-electron chi connectivity index (χ1n) is 5.87. The van der Waals surface area contributed by atoms with Gasteiger partial charge in [-0.1, -0.05) is 12.2 Å². The lowest BCUT2D eigenvalue weighted by Gasteiger charge is -2.15. The number of hydrogen-bond acceptors (Lipinski definition) is 4. The van der Waals surface area contributed by atoms with E-state index in [-0.39, 0.29) is 5.78 Å². The van der Waals surface area contributed by atoms with Gasteiger partial charge in [0.1, 0.15) is 5.60 Å². The largest absolute Gasteiger partial charge is 0.498 e. The molecule has 0 fully saturated rings. The van der Waals surface area contributed by atoms with E-state index >= 15 is 0 Å². The smallest absolute Gasteiger partial charge is 0.193 e. The number of rotatable bonds is 4. The van der Waals surface area contributed by atoms with Crippen molar-refractivity contribution in [3.63, 3.8) is 0 Å². The zero-order chi connectivity index (χ0) is 14.2. The molecule has 0 bridgehead atoms. The van der Waals surface area contributed by atoms with Crippen LogP contribution in [0.5, 0.6) is 0 Å². The molecule has 4 heteroatoms. The van der Waals surface area contributed by atoms with Crippen LogP contribution in [0.2, 0.25) is 0 Å². The van der Waals surface area contributed by atoms with Crippen LogP contribution in [0.15, 0.2) is 35.6 Å². The van der Waals surface area contributed by atoms with Crippen molar-refractivity contribution >= 4 is 5.78 Å². The van der Waals surface area contributed by atoms with E-state index in [2.05, 4.69) is 0 Å². The fraction of sp³-hybridized carbons (Fsp3) is 0.500. The van der Waals surface area contributed by atoms with Crippen LogP contribution in [0.25, 0.3) is 0 Å². The third kappa shape index (κ3) is 5.29. The lowest BCUT2D eigenvalue weighted by atomic mass is 9.96. The highest BCUT2D eigenvalue weighted by atomic mass is 16.5. The summed E-state index contributed by atoms with van der Waals surface area (Å²) in [6, 6.07) is 0. The SMILES string of the molecule is CCOC1=CC=C(C(=O)C(C)(C)O)C=CC1.CO. The van der Waals surface area contributed by atoms with E-state index < -0.39 is 5.60 Å². The quantitative estimate of drug-likeness (QED) is 0.802. The van der Waals surface area contributed by atoms with E-state index in [9.17, 15) is 9.90 Å². The second kappa shape index (κ2) is 7.84. The van der Waals surface area contributed by atoms with Crippen LogP contribution in [0.1, 0.15) is 27.2 Å². The molecule has 18 heavy (non-hydrogen) atoms. The lowest BCUT2D eigenvalue weighted by molar-refractivity contribution is -0.129. The predicted molar refractivity (Wildman–Crippen MR) is 71.0 cm³/mol. The number of Topliss-reactive ketones (excluding diaryl/α,β-unsaturated/α-hetero) is 1. The van der Waals surface area contributed by atoms with Crippen LogP contribution in [-0.2, 0) is 9.53 Å². The highest BCUT2D eigenvalue weighted by Crippen LogP contribution is 2.17. The molecule has 0 saturated carbocycles. The lowest BCUT2D eigenvalue weighted by Crippen LogP contribution is -2.31. The molecule has 0 unspecified atom stereocenters. The van der Waals surface area contributed by atoms with Crippen molar-refractivity contribution in [2.75, 3.05) is 13.7 Å². The molecule has 0 aromatic rings. The molecule has 0 spiro atoms. The molecule has 0 radical (unpaired) electrons. The first-order chi connectivity index (χ1) is 8.45. The Kier molecular flexibility index (Phi) is 7.24. The van der Waals surface area contributed by atoms with E-state index in [0.717, 1.165) is 12.9 Å². The summed E-state index contributed by atoms with van der Waals surface area (Å²) in [7, 11) is 1.00. The Labute approximate surface area is 108 Å². The summed E-state index contributed by atoms with van der Waals surface area (Å²) in [6.07, 6.45) is 7.73. The maximum absolute atomic E-state index is 11.8. The first kappa shape index (κ1) is 16.6. The molecule has 1 aliphatic carbocycles. The van der Waals surface area contributed by atoms with Crippen LogP contribution in [0.3, 0.4) is 0 Å². The first-order valence-corrected chi connectivity index (χ1v) is 5.87. The fourth-order valence-corrected chi connectivity index (χ4v) is 1.41. The molecule has 1 rings (SSSR count). The van der Waals surface area contributed by atoms with Gasteiger partial charge < -0.3 is 14.9 Å². The summed E-state index contributed by atoms with van der Waals surface area (Å²) in [5, 5.41) is 16.6. The molecule has 0 heterocycles. The number of carbonyl (C=O) groups excluding carboxylic acids is 1. The van der Waals surface area contributed by atoms with Gasteiger partial charge in [0, 0.05) is 19.1 Å². The average Bonchev–Trinajstić information content (AvgIpc) is 2.56. The Bertz CT molecular complexity index is 356. The van der Waals surface area contributed by atoms with Crippen LogP contribution < -0.4 is 0 Å². The third-order valence-electron chi connectivity index (χ3n) is 2.21. The molecule has 2 N–H and O–H groups in total. The monoisotopic (exact) mass is 254 g/mol. The van der Waals surface area contributed by atoms with Gasteiger partial charge in [-0.3, -0.25) is 4.79 Å². The normalized spacial score (nSPS) is 14.8. The molecule has 0 amide bonds. The Morgan fingerprint density at radius 2 is 2.00 bits per heavy atom. The highest BCUT2D eigenvalue weighted by molar-refractivity contribution is 6.03. The van der Waals surface area contributed by atoms with Gasteiger partial charge in [-0.2, -0.15) is 0 Å². The van der Waals surface area contributed by atoms with Crippen molar-refractivity contribution < 1.29 is 19.7 Å². The molecular formula is C14H22O4. The number of allylic oxidation sites excluding steroid dienone is 4. The highest BCUT2D eigenvalue weighted by Gasteiger charge is 2.25. The van der Waals surface area contributed by atoms with E-state index in [1.807, 2.05) is 13.0 Å². The van der Waals surface area contributed by atoms with Gasteiger partial charge in [0.05, 0.1) is 12.4 Å². The summed E-state index contributed by atoms with van der Waals surface area (Å²) < 4.78 is 5.37. The number of aliphatic hydroxyl groups excluding tert-OH is 1. The molecule has 1 aliphatic rings. The minimum Gasteiger partial charge on any atom is -0.498 e. The maximum Gasteiger partial charge on any atom is 0.193 e. The standard InChI is InChI=1S/C13H18O3.CH4O/c1-4-16-11-7-5-6-10(8-9-11)12(14)13(2,3)15;1-2/h5-6,8-9,15H,4,7H2,1-3H3;2H,1H3. The van der Waals surface area contributed by atoms with Gasteiger partial charge in [0.25, 0.3) is 0 Å². The zero-order valence-corrected chi connectivity index (χ0v) is 11.4. The van der Waals surface area contributed by atoms with Crippen molar-refractivity contribution in [2.24, 2.45) is 0 Å². The van der Waals surface area contributed by atoms with Gasteiger partial charge in [-0.25, -0.2) is 0 Å². The van der Waals surface area contributed by atoms with Crippen molar-refractivity contribution in [1.82, 2.24) is 0 Å². The maximum atomic E-state index is 11.8. The Hall–Kier alpha value is -1.39. The molecule has 0 aliphatic heterocycles. The summed E-state index contributed by atoms with van der Waals surface area (Å²) in [4.78, 5) is 11.8. The molecule has 0 aromatic heterocycles. The molecular weight excluding hydrogens is 232 g/mol. The molecule has 0 aromatic carbocycles. The predicted octanol–water partition coefficient (Wildman–Crippen LogP) is 1.74. The average molecular weight is 254 g/mol. The minimum absolute atomic E-state index is 0.280. The van der Waals surface area contributed by atoms with Crippen LogP contribution in [0.4, 0.5) is 0 Å². The van der Waals surface area contributed by atoms with Crippen LogP contribution in [-0.4, -0.2) is 35.3 Å². The van der Waals surface area contributed by atoms with Crippen LogP contribution in [0, 0.1) is 0 Å². The van der Waals surface area contributed by atoms with Gasteiger partial charge in [-0.15, -0.1) is 0 Å². The van der Waals surface area contributed by atoms with Crippen molar-refractivity contribution in [3.05, 3.63) is 35.6 Å². The van der Waals surface area contributed by atoms with Crippen molar-refractivity contribution in [1.29, 1.82) is 0 Å². The third-order valence-corrected chi connectivity index (χ3v) is 2.21. The molecule has 0 saturated heterocycles. The molecule has 102 valence electrons. The van der Waals surface area contributed by atoms with Crippen molar-refractivity contribution in [2.45, 2.75) is 32.8 Å². The number of aliphatic hydroxyl groups is 2. The van der Waals surface area contributed by atoms with E-state index in [1.165, 1.54) is 13.8 Å². The van der Waals surface area contributed by atoms with Crippen LogP contribution >= 0.6 is 0 Å². The van der Waals surface area contributed by atoms with Crippen molar-refractivity contribution in [3.8, 4) is 0 Å². The van der Waals surface area contributed by atoms with Gasteiger partial charge >= 0.3 is 0 Å². The summed E-state index contributed by atoms with van der Waals surface area (Å²) in [5.41, 5.74) is -0.831. The molecule has 0 atom stereocenters. The zero-order valence-electron chi connectivity index (χ0n) is 11.4. The topological polar surface area (TPSA) is 66.8 Å². The van der Waals surface area contributed by atoms with E-state index in [1.54, 1.807) is 18.2 Å². The van der Waals surface area contributed by atoms with Gasteiger partial charge in [0.15, 0.2) is 5.78 Å². The summed E-state index contributed by atoms with van der Waals surface area (Å²) in [6.45, 7) is 5.51. The Balaban J connectivity index is 0.00000137. The van der Waals surface area contributed by atoms with Gasteiger partial charge in [0.2, 0.25) is 0 Å². The fourth-order valence-electron chi connectivity index (χ4n) is 1.41. The number of ether oxygens (including phenoxy) is 1. The molecule has 4 nitrogen and oxygen atoms in total. The van der Waals surface area contributed by atoms with E-state index in [0.29, 0.717) is 18.6 Å². The number of carbonyl (C=O) groups is 1. The number of ketones is 1. The van der Waals surface area contributed by atoms with Gasteiger partial charge in [-0.05, 0) is 32.9 Å². The second-order valence-electron chi connectivity index (χ2n) is 4.18.